The number of hydrogen-bond donors (Lipinski definition) is 3. The van der Waals surface area contributed by atoms with Gasteiger partial charge in [-0.2, -0.15) is 5.10 Å². The van der Waals surface area contributed by atoms with Crippen LogP contribution in [0.15, 0.2) is 41.5 Å². The van der Waals surface area contributed by atoms with Crippen LogP contribution in [0.1, 0.15) is 38.2 Å². The molecule has 0 aliphatic heterocycles. The fourth-order valence-electron chi connectivity index (χ4n) is 2.47. The van der Waals surface area contributed by atoms with Gasteiger partial charge in [0.1, 0.15) is 5.75 Å². The van der Waals surface area contributed by atoms with Gasteiger partial charge in [0, 0.05) is 5.56 Å². The molecule has 0 unspecified atom stereocenters. The molecule has 0 saturated carbocycles. The highest BCUT2D eigenvalue weighted by Gasteiger charge is 2.13. The Morgan fingerprint density at radius 2 is 2.00 bits per heavy atom. The van der Waals surface area contributed by atoms with Crippen molar-refractivity contribution in [3.63, 3.8) is 0 Å². The highest BCUT2D eigenvalue weighted by molar-refractivity contribution is 6.13. The van der Waals surface area contributed by atoms with E-state index in [2.05, 4.69) is 17.5 Å². The summed E-state index contributed by atoms with van der Waals surface area (Å²) >= 11 is 0. The van der Waals surface area contributed by atoms with Crippen molar-refractivity contribution in [2.24, 2.45) is 10.8 Å². The van der Waals surface area contributed by atoms with Gasteiger partial charge in [0.25, 0.3) is 0 Å². The first-order chi connectivity index (χ1) is 10.6. The number of carbonyl (C=O) groups excluding carboxylic acids is 1. The van der Waals surface area contributed by atoms with Gasteiger partial charge < -0.3 is 10.8 Å². The van der Waals surface area contributed by atoms with Gasteiger partial charge in [-0.1, -0.05) is 50.1 Å². The third-order valence-electron chi connectivity index (χ3n) is 3.51. The minimum absolute atomic E-state index is 0.153. The zero-order chi connectivity index (χ0) is 15.9. The molecule has 116 valence electrons. The smallest absolute Gasteiger partial charge is 0.332 e. The molecule has 0 spiro atoms. The van der Waals surface area contributed by atoms with Gasteiger partial charge in [0.2, 0.25) is 0 Å². The fourth-order valence-corrected chi connectivity index (χ4v) is 2.47. The number of phenols is 1. The van der Waals surface area contributed by atoms with Gasteiger partial charge in [-0.25, -0.2) is 10.2 Å². The van der Waals surface area contributed by atoms with Crippen LogP contribution in [0.3, 0.4) is 0 Å². The predicted octanol–water partition coefficient (Wildman–Crippen LogP) is 3.50. The molecule has 2 amide bonds. The number of nitrogens with one attached hydrogen (secondary N) is 1. The van der Waals surface area contributed by atoms with E-state index < -0.39 is 6.03 Å². The first kappa shape index (κ1) is 15.8. The van der Waals surface area contributed by atoms with Crippen molar-refractivity contribution in [1.82, 2.24) is 5.43 Å². The monoisotopic (exact) mass is 299 g/mol. The molecular formula is C17H21N3O2. The van der Waals surface area contributed by atoms with E-state index in [9.17, 15) is 9.90 Å². The topological polar surface area (TPSA) is 87.7 Å². The average Bonchev–Trinajstić information content (AvgIpc) is 2.51. The van der Waals surface area contributed by atoms with Crippen LogP contribution in [-0.4, -0.2) is 16.8 Å². The summed E-state index contributed by atoms with van der Waals surface area (Å²) in [5.41, 5.74) is 8.68. The Balaban J connectivity index is 2.48. The number of unbranched alkanes of at least 4 members (excludes halogenated alkanes) is 2. The number of fused-ring (bicyclic) bond motifs is 1. The van der Waals surface area contributed by atoms with Crippen LogP contribution in [0.2, 0.25) is 0 Å². The molecule has 0 atom stereocenters. The summed E-state index contributed by atoms with van der Waals surface area (Å²) < 4.78 is 0. The molecule has 0 bridgehead atoms. The van der Waals surface area contributed by atoms with Crippen LogP contribution in [0.25, 0.3) is 10.8 Å². The second kappa shape index (κ2) is 7.45. The highest BCUT2D eigenvalue weighted by Crippen LogP contribution is 2.29. The molecule has 0 aliphatic carbocycles. The standard InChI is InChI=1S/C17H21N3O2/c1-2-3-4-9-14(19-20-17(18)22)16-13-8-6-5-7-12(13)10-11-15(16)21/h5-8,10-11,21H,2-4,9H2,1H3,(H3,18,20,22). The first-order valence-corrected chi connectivity index (χ1v) is 7.46. The number of rotatable bonds is 6. The quantitative estimate of drug-likeness (QED) is 0.433. The maximum atomic E-state index is 11.0. The number of hydrazone groups is 1. The second-order valence-corrected chi connectivity index (χ2v) is 5.17. The fraction of sp³-hybridized carbons (Fsp3) is 0.294. The molecule has 22 heavy (non-hydrogen) atoms. The maximum absolute atomic E-state index is 11.0. The summed E-state index contributed by atoms with van der Waals surface area (Å²) in [4.78, 5) is 11.0. The van der Waals surface area contributed by atoms with Crippen molar-refractivity contribution < 1.29 is 9.90 Å². The Morgan fingerprint density at radius 3 is 2.73 bits per heavy atom. The summed E-state index contributed by atoms with van der Waals surface area (Å²) in [5.74, 6) is 0.153. The van der Waals surface area contributed by atoms with Crippen molar-refractivity contribution in [2.75, 3.05) is 0 Å². The SMILES string of the molecule is CCCCCC(=NNC(N)=O)c1c(O)ccc2ccccc12. The van der Waals surface area contributed by atoms with Crippen LogP contribution >= 0.6 is 0 Å². The lowest BCUT2D eigenvalue weighted by Gasteiger charge is -2.12. The van der Waals surface area contributed by atoms with Crippen LogP contribution in [0, 0.1) is 0 Å². The van der Waals surface area contributed by atoms with E-state index in [0.717, 1.165) is 30.0 Å². The number of phenolic OH excluding ortho intramolecular Hbond substituents is 1. The maximum Gasteiger partial charge on any atom is 0.332 e. The lowest BCUT2D eigenvalue weighted by atomic mass is 9.96. The third-order valence-corrected chi connectivity index (χ3v) is 3.51. The number of urea groups is 1. The molecule has 2 aromatic carbocycles. The number of nitrogens with two attached hydrogens (primary N) is 1. The zero-order valence-electron chi connectivity index (χ0n) is 12.7. The largest absolute Gasteiger partial charge is 0.507 e. The van der Waals surface area contributed by atoms with Gasteiger partial charge in [0.05, 0.1) is 5.71 Å². The number of nitrogens with zero attached hydrogens (tertiary/aromatic N) is 1. The lowest BCUT2D eigenvalue weighted by molar-refractivity contribution is 0.249. The minimum atomic E-state index is -0.715. The van der Waals surface area contributed by atoms with Crippen LogP contribution in [0.5, 0.6) is 5.75 Å². The van der Waals surface area contributed by atoms with Gasteiger partial charge in [-0.15, -0.1) is 0 Å². The minimum Gasteiger partial charge on any atom is -0.507 e. The molecule has 5 heteroatoms. The Labute approximate surface area is 129 Å². The summed E-state index contributed by atoms with van der Waals surface area (Å²) in [6.07, 6.45) is 3.73. The summed E-state index contributed by atoms with van der Waals surface area (Å²) in [7, 11) is 0. The molecular weight excluding hydrogens is 278 g/mol. The van der Waals surface area contributed by atoms with Crippen molar-refractivity contribution in [3.05, 3.63) is 42.0 Å². The van der Waals surface area contributed by atoms with E-state index in [1.807, 2.05) is 30.3 Å². The number of hydrogen-bond acceptors (Lipinski definition) is 3. The highest BCUT2D eigenvalue weighted by atomic mass is 16.3. The Morgan fingerprint density at radius 1 is 1.23 bits per heavy atom. The van der Waals surface area contributed by atoms with Crippen molar-refractivity contribution in [2.45, 2.75) is 32.6 Å². The van der Waals surface area contributed by atoms with Crippen LogP contribution in [0.4, 0.5) is 4.79 Å². The molecule has 0 aromatic heterocycles. The molecule has 0 heterocycles. The number of primary amides is 1. The van der Waals surface area contributed by atoms with E-state index in [4.69, 9.17) is 5.73 Å². The predicted molar refractivity (Wildman–Crippen MR) is 89.0 cm³/mol. The summed E-state index contributed by atoms with van der Waals surface area (Å²) in [6.45, 7) is 2.12. The molecule has 0 aliphatic rings. The Hall–Kier alpha value is -2.56. The van der Waals surface area contributed by atoms with Gasteiger partial charge in [0.15, 0.2) is 0 Å². The van der Waals surface area contributed by atoms with Crippen molar-refractivity contribution in [1.29, 1.82) is 0 Å². The summed E-state index contributed by atoms with van der Waals surface area (Å²) in [6, 6.07) is 10.6. The molecule has 5 nitrogen and oxygen atoms in total. The normalized spacial score (nSPS) is 11.6. The van der Waals surface area contributed by atoms with Gasteiger partial charge in [-0.05, 0) is 29.7 Å². The van der Waals surface area contributed by atoms with Crippen LogP contribution in [-0.2, 0) is 0 Å². The van der Waals surface area contributed by atoms with E-state index >= 15 is 0 Å². The molecule has 0 fully saturated rings. The van der Waals surface area contributed by atoms with Crippen molar-refractivity contribution >= 4 is 22.5 Å². The number of amides is 2. The van der Waals surface area contributed by atoms with Crippen molar-refractivity contribution in [3.8, 4) is 5.75 Å². The van der Waals surface area contributed by atoms with Gasteiger partial charge in [-0.3, -0.25) is 0 Å². The number of aromatic hydroxyl groups is 1. The zero-order valence-corrected chi connectivity index (χ0v) is 12.7. The lowest BCUT2D eigenvalue weighted by Crippen LogP contribution is -2.26. The molecule has 2 rings (SSSR count). The Bertz CT molecular complexity index is 695. The molecule has 2 aromatic rings. The Kier molecular flexibility index (Phi) is 5.36. The first-order valence-electron chi connectivity index (χ1n) is 7.46. The molecule has 0 saturated heterocycles. The summed E-state index contributed by atoms with van der Waals surface area (Å²) in [5, 5.41) is 16.3. The molecule has 0 radical (unpaired) electrons. The third kappa shape index (κ3) is 3.75. The number of benzene rings is 2. The van der Waals surface area contributed by atoms with E-state index in [-0.39, 0.29) is 5.75 Å². The van der Waals surface area contributed by atoms with E-state index in [1.54, 1.807) is 6.07 Å². The van der Waals surface area contributed by atoms with E-state index in [0.29, 0.717) is 17.7 Å². The van der Waals surface area contributed by atoms with Crippen LogP contribution < -0.4 is 11.2 Å². The average molecular weight is 299 g/mol. The second-order valence-electron chi connectivity index (χ2n) is 5.17. The number of carbonyl (C=O) groups is 1. The molecule has 4 N–H and O–H groups in total. The van der Waals surface area contributed by atoms with Gasteiger partial charge >= 0.3 is 6.03 Å². The van der Waals surface area contributed by atoms with E-state index in [1.165, 1.54) is 0 Å².